The highest BCUT2D eigenvalue weighted by molar-refractivity contribution is 5.28. The highest BCUT2D eigenvalue weighted by Crippen LogP contribution is 2.21. The molecule has 0 fully saturated rings. The molecule has 0 aromatic heterocycles. The molecule has 0 saturated carbocycles. The number of unbranched alkanes of at least 4 members (excludes halogenated alkanes) is 5. The minimum Gasteiger partial charge on any atom is -0.494 e. The molecule has 1 atom stereocenters. The molecule has 0 spiro atoms. The molecule has 1 rings (SSSR count). The second-order valence-electron chi connectivity index (χ2n) is 5.16. The first-order valence-corrected chi connectivity index (χ1v) is 7.76. The van der Waals surface area contributed by atoms with Gasteiger partial charge in [0.15, 0.2) is 0 Å². The summed E-state index contributed by atoms with van der Waals surface area (Å²) in [4.78, 5) is 0. The topological polar surface area (TPSA) is 35.2 Å². The third-order valence-electron chi connectivity index (χ3n) is 3.49. The van der Waals surface area contributed by atoms with E-state index in [2.05, 4.69) is 19.1 Å². The maximum absolute atomic E-state index is 6.22. The zero-order valence-corrected chi connectivity index (χ0v) is 12.5. The Morgan fingerprint density at radius 3 is 2.21 bits per heavy atom. The summed E-state index contributed by atoms with van der Waals surface area (Å²) in [5.41, 5.74) is 7.44. The summed E-state index contributed by atoms with van der Waals surface area (Å²) in [6.07, 6.45) is 9.03. The Morgan fingerprint density at radius 1 is 0.947 bits per heavy atom. The van der Waals surface area contributed by atoms with Crippen molar-refractivity contribution in [1.82, 2.24) is 0 Å². The van der Waals surface area contributed by atoms with Crippen molar-refractivity contribution in [3.8, 4) is 5.75 Å². The van der Waals surface area contributed by atoms with Crippen LogP contribution in [-0.4, -0.2) is 6.61 Å². The third-order valence-corrected chi connectivity index (χ3v) is 3.49. The number of nitrogens with two attached hydrogens (primary N) is 1. The lowest BCUT2D eigenvalue weighted by Gasteiger charge is -2.12. The molecule has 2 heteroatoms. The monoisotopic (exact) mass is 263 g/mol. The maximum atomic E-state index is 6.22. The van der Waals surface area contributed by atoms with Crippen LogP contribution in [0.5, 0.6) is 5.75 Å². The van der Waals surface area contributed by atoms with Crippen LogP contribution in [0.1, 0.15) is 70.4 Å². The van der Waals surface area contributed by atoms with Gasteiger partial charge in [-0.1, -0.05) is 57.6 Å². The van der Waals surface area contributed by atoms with Crippen LogP contribution in [0.3, 0.4) is 0 Å². The average Bonchev–Trinajstić information content (AvgIpc) is 2.43. The van der Waals surface area contributed by atoms with Crippen molar-refractivity contribution in [3.63, 3.8) is 0 Å². The Kier molecular flexibility index (Phi) is 8.31. The minimum absolute atomic E-state index is 0.168. The number of rotatable bonds is 10. The molecular formula is C17H29NO. The zero-order valence-electron chi connectivity index (χ0n) is 12.5. The Balaban J connectivity index is 2.23. The van der Waals surface area contributed by atoms with Crippen LogP contribution in [0.25, 0.3) is 0 Å². The molecule has 0 aliphatic carbocycles. The molecule has 1 aromatic carbocycles. The van der Waals surface area contributed by atoms with Crippen molar-refractivity contribution in [2.45, 2.75) is 64.8 Å². The summed E-state index contributed by atoms with van der Waals surface area (Å²) in [5, 5.41) is 0. The summed E-state index contributed by atoms with van der Waals surface area (Å²) in [6, 6.07) is 8.38. The lowest BCUT2D eigenvalue weighted by Crippen LogP contribution is -2.10. The first kappa shape index (κ1) is 16.0. The number of ether oxygens (including phenoxy) is 1. The van der Waals surface area contributed by atoms with Gasteiger partial charge >= 0.3 is 0 Å². The van der Waals surface area contributed by atoms with E-state index in [1.54, 1.807) is 0 Å². The molecule has 0 radical (unpaired) electrons. The van der Waals surface area contributed by atoms with Crippen LogP contribution < -0.4 is 10.5 Å². The molecule has 1 aromatic rings. The fourth-order valence-electron chi connectivity index (χ4n) is 2.29. The highest BCUT2D eigenvalue weighted by atomic mass is 16.5. The maximum Gasteiger partial charge on any atom is 0.119 e. The van der Waals surface area contributed by atoms with E-state index in [9.17, 15) is 0 Å². The van der Waals surface area contributed by atoms with Gasteiger partial charge in [0, 0.05) is 6.04 Å². The quantitative estimate of drug-likeness (QED) is 0.613. The van der Waals surface area contributed by atoms with Crippen LogP contribution in [0.15, 0.2) is 24.3 Å². The van der Waals surface area contributed by atoms with E-state index >= 15 is 0 Å². The Hall–Kier alpha value is -1.02. The molecule has 0 saturated heterocycles. The second-order valence-corrected chi connectivity index (χ2v) is 5.16. The predicted octanol–water partition coefficient (Wildman–Crippen LogP) is 4.84. The molecule has 0 bridgehead atoms. The third kappa shape index (κ3) is 6.63. The van der Waals surface area contributed by atoms with Crippen molar-refractivity contribution in [1.29, 1.82) is 0 Å². The van der Waals surface area contributed by atoms with Crippen LogP contribution in [-0.2, 0) is 0 Å². The molecule has 0 amide bonds. The molecule has 0 aliphatic rings. The molecule has 2 N–H and O–H groups in total. The lowest BCUT2D eigenvalue weighted by molar-refractivity contribution is 0.340. The van der Waals surface area contributed by atoms with Crippen LogP contribution in [0, 0.1) is 0 Å². The van der Waals surface area contributed by atoms with Crippen LogP contribution >= 0.6 is 0 Å². The number of hydrogen-bond donors (Lipinski definition) is 1. The molecule has 1 unspecified atom stereocenters. The van der Waals surface area contributed by atoms with Gasteiger partial charge in [-0.25, -0.2) is 0 Å². The van der Waals surface area contributed by atoms with Gasteiger partial charge in [-0.2, -0.15) is 0 Å². The summed E-state index contributed by atoms with van der Waals surface area (Å²) in [6.45, 7) is 4.96. The van der Waals surface area contributed by atoms with Gasteiger partial charge in [-0.3, -0.25) is 0 Å². The fraction of sp³-hybridized carbons (Fsp3) is 0.647. The van der Waals surface area contributed by atoms with Gasteiger partial charge in [0.05, 0.1) is 6.61 Å². The molecule has 0 aliphatic heterocycles. The SMILES string of the molecule is CCCCCCCCC(N)c1ccc(OCC)cc1. The Morgan fingerprint density at radius 2 is 1.58 bits per heavy atom. The van der Waals surface area contributed by atoms with E-state index in [-0.39, 0.29) is 6.04 Å². The Bertz CT molecular complexity index is 321. The van der Waals surface area contributed by atoms with E-state index < -0.39 is 0 Å². The van der Waals surface area contributed by atoms with Gasteiger partial charge in [0.1, 0.15) is 5.75 Å². The van der Waals surface area contributed by atoms with Gasteiger partial charge in [-0.05, 0) is 31.0 Å². The average molecular weight is 263 g/mol. The number of hydrogen-bond acceptors (Lipinski definition) is 2. The molecule has 2 nitrogen and oxygen atoms in total. The predicted molar refractivity (Wildman–Crippen MR) is 82.5 cm³/mol. The van der Waals surface area contributed by atoms with Gasteiger partial charge in [0.25, 0.3) is 0 Å². The second kappa shape index (κ2) is 9.85. The van der Waals surface area contributed by atoms with Crippen LogP contribution in [0.2, 0.25) is 0 Å². The first-order chi connectivity index (χ1) is 9.27. The first-order valence-electron chi connectivity index (χ1n) is 7.76. The van der Waals surface area contributed by atoms with Crippen molar-refractivity contribution < 1.29 is 4.74 Å². The van der Waals surface area contributed by atoms with E-state index in [4.69, 9.17) is 10.5 Å². The smallest absolute Gasteiger partial charge is 0.119 e. The van der Waals surface area contributed by atoms with Crippen molar-refractivity contribution >= 4 is 0 Å². The van der Waals surface area contributed by atoms with E-state index in [1.165, 1.54) is 44.1 Å². The molecule has 108 valence electrons. The summed E-state index contributed by atoms with van der Waals surface area (Å²) < 4.78 is 5.44. The largest absolute Gasteiger partial charge is 0.494 e. The van der Waals surface area contributed by atoms with Crippen molar-refractivity contribution in [3.05, 3.63) is 29.8 Å². The fourth-order valence-corrected chi connectivity index (χ4v) is 2.29. The summed E-state index contributed by atoms with van der Waals surface area (Å²) in [5.74, 6) is 0.929. The van der Waals surface area contributed by atoms with E-state index in [0.29, 0.717) is 6.61 Å². The normalized spacial score (nSPS) is 12.4. The van der Waals surface area contributed by atoms with Gasteiger partial charge < -0.3 is 10.5 Å². The molecule has 0 heterocycles. The standard InChI is InChI=1S/C17H29NO/c1-3-5-6-7-8-9-10-17(18)15-11-13-16(14-12-15)19-4-2/h11-14,17H,3-10,18H2,1-2H3. The van der Waals surface area contributed by atoms with Crippen molar-refractivity contribution in [2.24, 2.45) is 5.73 Å². The summed E-state index contributed by atoms with van der Waals surface area (Å²) in [7, 11) is 0. The van der Waals surface area contributed by atoms with Gasteiger partial charge in [-0.15, -0.1) is 0 Å². The zero-order chi connectivity index (χ0) is 13.9. The van der Waals surface area contributed by atoms with Crippen LogP contribution in [0.4, 0.5) is 0 Å². The number of benzene rings is 1. The molecular weight excluding hydrogens is 234 g/mol. The van der Waals surface area contributed by atoms with E-state index in [1.807, 2.05) is 19.1 Å². The minimum atomic E-state index is 0.168. The van der Waals surface area contributed by atoms with Crippen molar-refractivity contribution in [2.75, 3.05) is 6.61 Å². The summed E-state index contributed by atoms with van der Waals surface area (Å²) >= 11 is 0. The van der Waals surface area contributed by atoms with Gasteiger partial charge in [0.2, 0.25) is 0 Å². The van der Waals surface area contributed by atoms with E-state index in [0.717, 1.165) is 12.2 Å². The molecule has 19 heavy (non-hydrogen) atoms. The highest BCUT2D eigenvalue weighted by Gasteiger charge is 2.05. The lowest BCUT2D eigenvalue weighted by atomic mass is 10.0. The Labute approximate surface area is 118 Å².